The number of nitrogens with zero attached hydrogens (tertiary/aromatic N) is 1. The molecule has 0 radical (unpaired) electrons. The van der Waals surface area contributed by atoms with Crippen molar-refractivity contribution < 1.29 is 4.74 Å². The topological polar surface area (TPSA) is 34.1 Å². The lowest BCUT2D eigenvalue weighted by atomic mass is 10.1. The zero-order valence-corrected chi connectivity index (χ0v) is 13.1. The van der Waals surface area contributed by atoms with Crippen LogP contribution in [-0.4, -0.2) is 17.1 Å². The molecule has 0 bridgehead atoms. The molecular weight excluding hydrogens is 260 g/mol. The quantitative estimate of drug-likeness (QED) is 0.884. The minimum Gasteiger partial charge on any atom is -0.475 e. The number of hydrogen-bond acceptors (Lipinski definition) is 3. The van der Waals surface area contributed by atoms with E-state index in [4.69, 9.17) is 4.74 Å². The van der Waals surface area contributed by atoms with E-state index in [1.807, 2.05) is 20.0 Å². The minimum atomic E-state index is 0.134. The van der Waals surface area contributed by atoms with E-state index in [1.54, 1.807) is 0 Å². The molecule has 1 heterocycles. The van der Waals surface area contributed by atoms with Crippen LogP contribution in [0.1, 0.15) is 45.1 Å². The highest BCUT2D eigenvalue weighted by Gasteiger charge is 2.17. The van der Waals surface area contributed by atoms with Crippen molar-refractivity contribution in [2.75, 3.05) is 5.32 Å². The first-order valence-electron chi connectivity index (χ1n) is 7.96. The first-order valence-corrected chi connectivity index (χ1v) is 7.96. The van der Waals surface area contributed by atoms with Gasteiger partial charge in [0.2, 0.25) is 5.88 Å². The second kappa shape index (κ2) is 5.92. The summed E-state index contributed by atoms with van der Waals surface area (Å²) in [6.45, 7) is 6.19. The van der Waals surface area contributed by atoms with Crippen LogP contribution < -0.4 is 10.1 Å². The molecule has 2 aromatic rings. The van der Waals surface area contributed by atoms with Gasteiger partial charge in [-0.2, -0.15) is 0 Å². The molecule has 0 spiro atoms. The van der Waals surface area contributed by atoms with Gasteiger partial charge >= 0.3 is 0 Å². The summed E-state index contributed by atoms with van der Waals surface area (Å²) in [5, 5.41) is 6.07. The number of nitrogens with one attached hydrogen (secondary N) is 1. The summed E-state index contributed by atoms with van der Waals surface area (Å²) >= 11 is 0. The highest BCUT2D eigenvalue weighted by atomic mass is 16.5. The largest absolute Gasteiger partial charge is 0.475 e. The van der Waals surface area contributed by atoms with E-state index in [0.29, 0.717) is 6.04 Å². The Hall–Kier alpha value is -1.77. The maximum Gasteiger partial charge on any atom is 0.221 e. The molecule has 1 saturated carbocycles. The molecule has 0 atom stereocenters. The Morgan fingerprint density at radius 3 is 2.71 bits per heavy atom. The molecular formula is C18H24N2O. The first kappa shape index (κ1) is 14.2. The average molecular weight is 284 g/mol. The van der Waals surface area contributed by atoms with Crippen LogP contribution in [0.15, 0.2) is 24.4 Å². The second-order valence-electron chi connectivity index (χ2n) is 6.27. The van der Waals surface area contributed by atoms with Crippen LogP contribution in [0.4, 0.5) is 5.69 Å². The third-order valence-electron chi connectivity index (χ3n) is 4.13. The molecule has 1 N–H and O–H groups in total. The normalized spacial score (nSPS) is 15.8. The van der Waals surface area contributed by atoms with E-state index in [9.17, 15) is 0 Å². The fourth-order valence-corrected chi connectivity index (χ4v) is 3.17. The molecule has 3 rings (SSSR count). The Morgan fingerprint density at radius 2 is 2.00 bits per heavy atom. The standard InChI is InChI=1S/C18H24N2O/c1-12(2)21-18-15-9-6-10-16(17(15)13(3)11-19-18)20-14-7-4-5-8-14/h6,9-12,14,20H,4-5,7-8H2,1-3H3. The van der Waals surface area contributed by atoms with Crippen molar-refractivity contribution in [3.63, 3.8) is 0 Å². The van der Waals surface area contributed by atoms with Crippen LogP contribution in [0.25, 0.3) is 10.8 Å². The van der Waals surface area contributed by atoms with Crippen molar-refractivity contribution in [3.8, 4) is 5.88 Å². The highest BCUT2D eigenvalue weighted by Crippen LogP contribution is 2.34. The van der Waals surface area contributed by atoms with Crippen molar-refractivity contribution in [3.05, 3.63) is 30.0 Å². The van der Waals surface area contributed by atoms with E-state index in [0.717, 1.165) is 11.3 Å². The van der Waals surface area contributed by atoms with Crippen molar-refractivity contribution in [2.24, 2.45) is 0 Å². The van der Waals surface area contributed by atoms with Crippen LogP contribution in [0.2, 0.25) is 0 Å². The maximum atomic E-state index is 5.87. The number of pyridine rings is 1. The van der Waals surface area contributed by atoms with E-state index >= 15 is 0 Å². The molecule has 3 nitrogen and oxygen atoms in total. The number of aryl methyl sites for hydroxylation is 1. The molecule has 0 saturated heterocycles. The van der Waals surface area contributed by atoms with Gasteiger partial charge in [-0.15, -0.1) is 0 Å². The number of fused-ring (bicyclic) bond motifs is 1. The minimum absolute atomic E-state index is 0.134. The summed E-state index contributed by atoms with van der Waals surface area (Å²) < 4.78 is 5.87. The number of rotatable bonds is 4. The molecule has 1 aliphatic carbocycles. The van der Waals surface area contributed by atoms with E-state index in [2.05, 4.69) is 35.4 Å². The molecule has 0 unspecified atom stereocenters. The smallest absolute Gasteiger partial charge is 0.221 e. The summed E-state index contributed by atoms with van der Waals surface area (Å²) in [6.07, 6.45) is 7.27. The Bertz CT molecular complexity index is 630. The van der Waals surface area contributed by atoms with Gasteiger partial charge in [0.15, 0.2) is 0 Å². The highest BCUT2D eigenvalue weighted by molar-refractivity contribution is 5.99. The van der Waals surface area contributed by atoms with Gasteiger partial charge in [-0.3, -0.25) is 0 Å². The van der Waals surface area contributed by atoms with Crippen LogP contribution in [-0.2, 0) is 0 Å². The monoisotopic (exact) mass is 284 g/mol. The number of aromatic nitrogens is 1. The molecule has 0 aliphatic heterocycles. The predicted octanol–water partition coefficient (Wildman–Crippen LogP) is 4.68. The van der Waals surface area contributed by atoms with Crippen molar-refractivity contribution >= 4 is 16.5 Å². The summed E-state index contributed by atoms with van der Waals surface area (Å²) in [7, 11) is 0. The Morgan fingerprint density at radius 1 is 1.24 bits per heavy atom. The number of anilines is 1. The summed E-state index contributed by atoms with van der Waals surface area (Å²) in [4.78, 5) is 4.47. The van der Waals surface area contributed by atoms with E-state index < -0.39 is 0 Å². The second-order valence-corrected chi connectivity index (χ2v) is 6.27. The van der Waals surface area contributed by atoms with Crippen molar-refractivity contribution in [2.45, 2.75) is 58.6 Å². The first-order chi connectivity index (χ1) is 10.1. The number of ether oxygens (including phenoxy) is 1. The summed E-state index contributed by atoms with van der Waals surface area (Å²) in [6, 6.07) is 6.98. The van der Waals surface area contributed by atoms with Gasteiger partial charge in [0.1, 0.15) is 0 Å². The van der Waals surface area contributed by atoms with Gasteiger partial charge < -0.3 is 10.1 Å². The van der Waals surface area contributed by atoms with Crippen molar-refractivity contribution in [1.82, 2.24) is 4.98 Å². The predicted molar refractivity (Wildman–Crippen MR) is 88.1 cm³/mol. The zero-order valence-electron chi connectivity index (χ0n) is 13.1. The fourth-order valence-electron chi connectivity index (χ4n) is 3.17. The van der Waals surface area contributed by atoms with Gasteiger partial charge in [-0.05, 0) is 51.3 Å². The van der Waals surface area contributed by atoms with Gasteiger partial charge in [-0.1, -0.05) is 18.9 Å². The van der Waals surface area contributed by atoms with Crippen LogP contribution in [0.5, 0.6) is 5.88 Å². The lowest BCUT2D eigenvalue weighted by molar-refractivity contribution is 0.236. The van der Waals surface area contributed by atoms with Crippen molar-refractivity contribution in [1.29, 1.82) is 0 Å². The third kappa shape index (κ3) is 2.97. The molecule has 1 fully saturated rings. The number of benzene rings is 1. The molecule has 112 valence electrons. The Kier molecular flexibility index (Phi) is 4.00. The molecule has 0 amide bonds. The van der Waals surface area contributed by atoms with E-state index in [1.165, 1.54) is 42.3 Å². The molecule has 1 aliphatic rings. The maximum absolute atomic E-state index is 5.87. The molecule has 3 heteroatoms. The molecule has 21 heavy (non-hydrogen) atoms. The van der Waals surface area contributed by atoms with Gasteiger partial charge in [0.25, 0.3) is 0 Å². The summed E-state index contributed by atoms with van der Waals surface area (Å²) in [5.74, 6) is 0.737. The van der Waals surface area contributed by atoms with Crippen LogP contribution in [0.3, 0.4) is 0 Å². The summed E-state index contributed by atoms with van der Waals surface area (Å²) in [5.41, 5.74) is 2.41. The van der Waals surface area contributed by atoms with Crippen LogP contribution >= 0.6 is 0 Å². The lowest BCUT2D eigenvalue weighted by Crippen LogP contribution is -2.15. The Balaban J connectivity index is 2.04. The van der Waals surface area contributed by atoms with Crippen LogP contribution in [0, 0.1) is 6.92 Å². The van der Waals surface area contributed by atoms with Gasteiger partial charge in [0, 0.05) is 28.7 Å². The fraction of sp³-hybridized carbons (Fsp3) is 0.500. The lowest BCUT2D eigenvalue weighted by Gasteiger charge is -2.18. The molecule has 1 aromatic carbocycles. The van der Waals surface area contributed by atoms with Gasteiger partial charge in [-0.25, -0.2) is 4.98 Å². The van der Waals surface area contributed by atoms with Gasteiger partial charge in [0.05, 0.1) is 6.10 Å². The zero-order chi connectivity index (χ0) is 14.8. The Labute approximate surface area is 126 Å². The SMILES string of the molecule is Cc1cnc(OC(C)C)c2cccc(NC3CCCC3)c12. The third-order valence-corrected chi connectivity index (χ3v) is 4.13. The van der Waals surface area contributed by atoms with E-state index in [-0.39, 0.29) is 6.10 Å². The average Bonchev–Trinajstić information content (AvgIpc) is 2.95. The number of hydrogen-bond donors (Lipinski definition) is 1. The molecule has 1 aromatic heterocycles.